The molecule has 2 N–H and O–H groups in total. The van der Waals surface area contributed by atoms with Gasteiger partial charge in [0.2, 0.25) is 0 Å². The van der Waals surface area contributed by atoms with Crippen molar-refractivity contribution in [1.29, 1.82) is 0 Å². The van der Waals surface area contributed by atoms with Crippen LogP contribution in [0.3, 0.4) is 0 Å². The van der Waals surface area contributed by atoms with Crippen LogP contribution < -0.4 is 10.1 Å². The Bertz CT molecular complexity index is 1010. The minimum Gasteiger partial charge on any atom is -0.488 e. The summed E-state index contributed by atoms with van der Waals surface area (Å²) in [6, 6.07) is 16.2. The molecule has 0 aliphatic rings. The van der Waals surface area contributed by atoms with Gasteiger partial charge in [-0.25, -0.2) is 9.18 Å². The molecule has 3 aromatic carbocycles. The van der Waals surface area contributed by atoms with Gasteiger partial charge in [0.25, 0.3) is 0 Å². The van der Waals surface area contributed by atoms with E-state index in [2.05, 4.69) is 5.32 Å². The second-order valence-electron chi connectivity index (χ2n) is 5.99. The summed E-state index contributed by atoms with van der Waals surface area (Å²) >= 11 is 12.1. The van der Waals surface area contributed by atoms with Gasteiger partial charge in [-0.2, -0.15) is 0 Å². The van der Waals surface area contributed by atoms with Crippen LogP contribution in [0.25, 0.3) is 0 Å². The van der Waals surface area contributed by atoms with E-state index in [4.69, 9.17) is 33.0 Å². The molecule has 3 rings (SSSR count). The standard InChI is InChI=1S/C21H16Cl2FNO3/c22-15-5-8-20(28-12-13-3-1-2-4-19(13)24)14(9-15)11-25-16-6-7-17(21(26)27)18(23)10-16/h1-10,25H,11-12H2,(H,26,27). The number of benzene rings is 3. The summed E-state index contributed by atoms with van der Waals surface area (Å²) in [4.78, 5) is 11.0. The van der Waals surface area contributed by atoms with Crippen LogP contribution in [0.2, 0.25) is 10.0 Å². The van der Waals surface area contributed by atoms with Crippen LogP contribution in [0.15, 0.2) is 60.7 Å². The van der Waals surface area contributed by atoms with Gasteiger partial charge >= 0.3 is 5.97 Å². The van der Waals surface area contributed by atoms with E-state index in [1.807, 2.05) is 0 Å². The van der Waals surface area contributed by atoms with Gasteiger partial charge in [0.1, 0.15) is 18.2 Å². The molecule has 4 nitrogen and oxygen atoms in total. The maximum Gasteiger partial charge on any atom is 0.337 e. The molecule has 7 heteroatoms. The molecule has 0 fully saturated rings. The molecular formula is C21H16Cl2FNO3. The second kappa shape index (κ2) is 8.95. The molecule has 0 aliphatic heterocycles. The van der Waals surface area contributed by atoms with Crippen molar-refractivity contribution >= 4 is 34.9 Å². The summed E-state index contributed by atoms with van der Waals surface area (Å²) in [5, 5.41) is 12.9. The Morgan fingerprint density at radius 1 is 1.04 bits per heavy atom. The lowest BCUT2D eigenvalue weighted by Crippen LogP contribution is -2.05. The number of anilines is 1. The number of hydrogen-bond acceptors (Lipinski definition) is 3. The number of carboxylic acids is 1. The Morgan fingerprint density at radius 2 is 1.82 bits per heavy atom. The first-order chi connectivity index (χ1) is 13.4. The molecular weight excluding hydrogens is 404 g/mol. The predicted molar refractivity (Wildman–Crippen MR) is 108 cm³/mol. The monoisotopic (exact) mass is 419 g/mol. The summed E-state index contributed by atoms with van der Waals surface area (Å²) < 4.78 is 19.6. The average Bonchev–Trinajstić information content (AvgIpc) is 2.66. The zero-order chi connectivity index (χ0) is 20.1. The van der Waals surface area contributed by atoms with Gasteiger partial charge in [-0.15, -0.1) is 0 Å². The minimum absolute atomic E-state index is 0.0314. The molecule has 0 unspecified atom stereocenters. The Morgan fingerprint density at radius 3 is 2.54 bits per heavy atom. The van der Waals surface area contributed by atoms with Crippen molar-refractivity contribution in [3.05, 3.63) is 93.2 Å². The third-order valence-electron chi connectivity index (χ3n) is 4.05. The Kier molecular flexibility index (Phi) is 6.39. The third-order valence-corrected chi connectivity index (χ3v) is 4.59. The van der Waals surface area contributed by atoms with E-state index in [9.17, 15) is 9.18 Å². The lowest BCUT2D eigenvalue weighted by molar-refractivity contribution is 0.0697. The van der Waals surface area contributed by atoms with Crippen LogP contribution in [0.5, 0.6) is 5.75 Å². The largest absolute Gasteiger partial charge is 0.488 e. The molecule has 0 bridgehead atoms. The molecule has 0 spiro atoms. The Balaban J connectivity index is 1.73. The molecule has 0 amide bonds. The predicted octanol–water partition coefficient (Wildman–Crippen LogP) is 6.02. The van der Waals surface area contributed by atoms with E-state index < -0.39 is 5.97 Å². The zero-order valence-electron chi connectivity index (χ0n) is 14.6. The molecule has 0 saturated carbocycles. The fraction of sp³-hybridized carbons (Fsp3) is 0.0952. The maximum absolute atomic E-state index is 13.8. The summed E-state index contributed by atoms with van der Waals surface area (Å²) in [6.45, 7) is 0.441. The van der Waals surface area contributed by atoms with Crippen LogP contribution in [-0.2, 0) is 13.2 Å². The molecule has 28 heavy (non-hydrogen) atoms. The summed E-state index contributed by atoms with van der Waals surface area (Å²) in [5.41, 5.74) is 1.90. The van der Waals surface area contributed by atoms with Gasteiger partial charge in [0, 0.05) is 28.4 Å². The Labute approximate surface area is 171 Å². The summed E-state index contributed by atoms with van der Waals surface area (Å²) in [7, 11) is 0. The van der Waals surface area contributed by atoms with Gasteiger partial charge in [-0.3, -0.25) is 0 Å². The van der Waals surface area contributed by atoms with Crippen molar-refractivity contribution in [1.82, 2.24) is 0 Å². The lowest BCUT2D eigenvalue weighted by Gasteiger charge is -2.14. The highest BCUT2D eigenvalue weighted by molar-refractivity contribution is 6.33. The second-order valence-corrected chi connectivity index (χ2v) is 6.83. The van der Waals surface area contributed by atoms with E-state index in [1.54, 1.807) is 42.5 Å². The van der Waals surface area contributed by atoms with E-state index in [1.165, 1.54) is 18.2 Å². The topological polar surface area (TPSA) is 58.6 Å². The quantitative estimate of drug-likeness (QED) is 0.491. The number of aromatic carboxylic acids is 1. The number of halogens is 3. The van der Waals surface area contributed by atoms with Crippen LogP contribution in [0, 0.1) is 5.82 Å². The Hall–Kier alpha value is -2.76. The van der Waals surface area contributed by atoms with Gasteiger partial charge < -0.3 is 15.2 Å². The SMILES string of the molecule is O=C(O)c1ccc(NCc2cc(Cl)ccc2OCc2ccccc2F)cc1Cl. The van der Waals surface area contributed by atoms with E-state index in [0.29, 0.717) is 28.6 Å². The fourth-order valence-electron chi connectivity index (χ4n) is 2.59. The molecule has 0 saturated heterocycles. The number of ether oxygens (including phenoxy) is 1. The van der Waals surface area contributed by atoms with Crippen molar-refractivity contribution in [2.24, 2.45) is 0 Å². The van der Waals surface area contributed by atoms with E-state index in [0.717, 1.165) is 5.56 Å². The number of nitrogens with one attached hydrogen (secondary N) is 1. The van der Waals surface area contributed by atoms with Crippen LogP contribution in [0.4, 0.5) is 10.1 Å². The van der Waals surface area contributed by atoms with E-state index in [-0.39, 0.29) is 23.0 Å². The third kappa shape index (κ3) is 4.94. The number of carbonyl (C=O) groups is 1. The first kappa shape index (κ1) is 20.0. The van der Waals surface area contributed by atoms with Crippen LogP contribution in [0.1, 0.15) is 21.5 Å². The van der Waals surface area contributed by atoms with Crippen molar-refractivity contribution < 1.29 is 19.0 Å². The lowest BCUT2D eigenvalue weighted by atomic mass is 10.1. The van der Waals surface area contributed by atoms with Crippen molar-refractivity contribution in [3.8, 4) is 5.75 Å². The van der Waals surface area contributed by atoms with Crippen molar-refractivity contribution in [2.75, 3.05) is 5.32 Å². The van der Waals surface area contributed by atoms with E-state index >= 15 is 0 Å². The molecule has 0 aliphatic carbocycles. The first-order valence-corrected chi connectivity index (χ1v) is 9.11. The zero-order valence-corrected chi connectivity index (χ0v) is 16.1. The van der Waals surface area contributed by atoms with Crippen LogP contribution >= 0.6 is 23.2 Å². The summed E-state index contributed by atoms with van der Waals surface area (Å²) in [6.07, 6.45) is 0. The van der Waals surface area contributed by atoms with Crippen LogP contribution in [-0.4, -0.2) is 11.1 Å². The first-order valence-electron chi connectivity index (χ1n) is 8.35. The highest BCUT2D eigenvalue weighted by Gasteiger charge is 2.10. The fourth-order valence-corrected chi connectivity index (χ4v) is 3.05. The average molecular weight is 420 g/mol. The van der Waals surface area contributed by atoms with Crippen molar-refractivity contribution in [3.63, 3.8) is 0 Å². The molecule has 0 atom stereocenters. The molecule has 3 aromatic rings. The summed E-state index contributed by atoms with van der Waals surface area (Å²) in [5.74, 6) is -0.854. The number of hydrogen-bond donors (Lipinski definition) is 2. The highest BCUT2D eigenvalue weighted by atomic mass is 35.5. The molecule has 144 valence electrons. The smallest absolute Gasteiger partial charge is 0.337 e. The highest BCUT2D eigenvalue weighted by Crippen LogP contribution is 2.26. The van der Waals surface area contributed by atoms with Gasteiger partial charge in [0.15, 0.2) is 0 Å². The minimum atomic E-state index is -1.09. The number of carboxylic acid groups (broad SMARTS) is 1. The van der Waals surface area contributed by atoms with Gasteiger partial charge in [0.05, 0.1) is 10.6 Å². The number of rotatable bonds is 7. The van der Waals surface area contributed by atoms with Gasteiger partial charge in [-0.1, -0.05) is 41.4 Å². The van der Waals surface area contributed by atoms with Crippen molar-refractivity contribution in [2.45, 2.75) is 13.2 Å². The molecule has 0 heterocycles. The molecule has 0 aromatic heterocycles. The normalized spacial score (nSPS) is 10.5. The van der Waals surface area contributed by atoms with Gasteiger partial charge in [-0.05, 0) is 42.5 Å². The maximum atomic E-state index is 13.8. The molecule has 0 radical (unpaired) electrons.